The molecule has 0 aliphatic carbocycles. The molecule has 64 valence electrons. The van der Waals surface area contributed by atoms with Crippen LogP contribution < -0.4 is 0 Å². The number of rotatable bonds is 6. The molecule has 0 aromatic rings. The van der Waals surface area contributed by atoms with Gasteiger partial charge in [-0.15, -0.1) is 0 Å². The standard InChI is InChI=1S/C9H18N2/c1-3-5-6-7-8-11-9-10-4-2/h4,9H,3,5-8H2,1-2H3/b10-4-,11-9-. The van der Waals surface area contributed by atoms with E-state index in [9.17, 15) is 0 Å². The first-order valence-electron chi connectivity index (χ1n) is 4.38. The summed E-state index contributed by atoms with van der Waals surface area (Å²) in [6, 6.07) is 0. The first-order valence-corrected chi connectivity index (χ1v) is 4.38. The largest absolute Gasteiger partial charge is 0.274 e. The maximum atomic E-state index is 4.11. The van der Waals surface area contributed by atoms with E-state index < -0.39 is 0 Å². The van der Waals surface area contributed by atoms with E-state index in [0.717, 1.165) is 6.54 Å². The average molecular weight is 154 g/mol. The summed E-state index contributed by atoms with van der Waals surface area (Å²) in [7, 11) is 0. The first kappa shape index (κ1) is 10.3. The minimum absolute atomic E-state index is 0.928. The highest BCUT2D eigenvalue weighted by Gasteiger charge is 1.83. The predicted molar refractivity (Wildman–Crippen MR) is 51.7 cm³/mol. The molecule has 0 amide bonds. The second kappa shape index (κ2) is 9.34. The van der Waals surface area contributed by atoms with Crippen molar-refractivity contribution < 1.29 is 0 Å². The lowest BCUT2D eigenvalue weighted by atomic mass is 10.2. The number of hydrogen-bond acceptors (Lipinski definition) is 1. The van der Waals surface area contributed by atoms with Gasteiger partial charge in [-0.25, -0.2) is 4.99 Å². The minimum atomic E-state index is 0.928. The van der Waals surface area contributed by atoms with Crippen molar-refractivity contribution in [2.75, 3.05) is 6.54 Å². The molecule has 0 rings (SSSR count). The molecule has 0 heterocycles. The van der Waals surface area contributed by atoms with Crippen molar-refractivity contribution in [3.63, 3.8) is 0 Å². The van der Waals surface area contributed by atoms with Crippen molar-refractivity contribution in [2.45, 2.75) is 39.5 Å². The molecule has 0 unspecified atom stereocenters. The fourth-order valence-electron chi connectivity index (χ4n) is 0.801. The summed E-state index contributed by atoms with van der Waals surface area (Å²) in [4.78, 5) is 7.98. The molecule has 0 spiro atoms. The maximum Gasteiger partial charge on any atom is 0.109 e. The summed E-state index contributed by atoms with van der Waals surface area (Å²) in [5.41, 5.74) is 0. The molecule has 0 aliphatic heterocycles. The Hall–Kier alpha value is -0.660. The Morgan fingerprint density at radius 3 is 2.64 bits per heavy atom. The Labute approximate surface area is 69.4 Å². The van der Waals surface area contributed by atoms with Crippen molar-refractivity contribution >= 4 is 12.6 Å². The zero-order valence-corrected chi connectivity index (χ0v) is 7.58. The van der Waals surface area contributed by atoms with Crippen LogP contribution in [0.25, 0.3) is 0 Å². The normalized spacial score (nSPS) is 11.8. The van der Waals surface area contributed by atoms with Crippen LogP contribution in [0.1, 0.15) is 39.5 Å². The number of aliphatic imine (C=N–C) groups is 2. The first-order chi connectivity index (χ1) is 5.41. The SMILES string of the molecule is C/C=N\C=N/CCCCCC. The fraction of sp³-hybridized carbons (Fsp3) is 0.778. The average Bonchev–Trinajstić information content (AvgIpc) is 2.03. The molecule has 11 heavy (non-hydrogen) atoms. The van der Waals surface area contributed by atoms with Gasteiger partial charge >= 0.3 is 0 Å². The van der Waals surface area contributed by atoms with Gasteiger partial charge in [0.15, 0.2) is 0 Å². The van der Waals surface area contributed by atoms with E-state index in [-0.39, 0.29) is 0 Å². The molecule has 0 saturated heterocycles. The summed E-state index contributed by atoms with van der Waals surface area (Å²) >= 11 is 0. The van der Waals surface area contributed by atoms with E-state index in [1.807, 2.05) is 6.92 Å². The van der Waals surface area contributed by atoms with Crippen molar-refractivity contribution in [3.05, 3.63) is 0 Å². The lowest BCUT2D eigenvalue weighted by Crippen LogP contribution is -1.81. The van der Waals surface area contributed by atoms with Gasteiger partial charge in [-0.05, 0) is 13.3 Å². The predicted octanol–water partition coefficient (Wildman–Crippen LogP) is 2.69. The van der Waals surface area contributed by atoms with Gasteiger partial charge in [-0.2, -0.15) is 0 Å². The molecular formula is C9H18N2. The van der Waals surface area contributed by atoms with E-state index in [1.54, 1.807) is 12.6 Å². The monoisotopic (exact) mass is 154 g/mol. The Kier molecular flexibility index (Phi) is 8.78. The zero-order chi connectivity index (χ0) is 8.36. The van der Waals surface area contributed by atoms with Gasteiger partial charge in [0.2, 0.25) is 0 Å². The van der Waals surface area contributed by atoms with Gasteiger partial charge < -0.3 is 0 Å². The smallest absolute Gasteiger partial charge is 0.109 e. The summed E-state index contributed by atoms with van der Waals surface area (Å²) in [6.45, 7) is 5.03. The molecule has 0 fully saturated rings. The van der Waals surface area contributed by atoms with Crippen LogP contribution in [0.4, 0.5) is 0 Å². The molecule has 0 aromatic carbocycles. The summed E-state index contributed by atoms with van der Waals surface area (Å²) in [5, 5.41) is 0. The van der Waals surface area contributed by atoms with Crippen LogP contribution in [0, 0.1) is 0 Å². The van der Waals surface area contributed by atoms with Crippen molar-refractivity contribution in [2.24, 2.45) is 9.98 Å². The van der Waals surface area contributed by atoms with Gasteiger partial charge in [0, 0.05) is 12.8 Å². The minimum Gasteiger partial charge on any atom is -0.274 e. The lowest BCUT2D eigenvalue weighted by molar-refractivity contribution is 0.675. The van der Waals surface area contributed by atoms with Gasteiger partial charge in [0.25, 0.3) is 0 Å². The summed E-state index contributed by atoms with van der Waals surface area (Å²) < 4.78 is 0. The van der Waals surface area contributed by atoms with Crippen LogP contribution in [-0.4, -0.2) is 19.1 Å². The number of hydrogen-bond donors (Lipinski definition) is 0. The van der Waals surface area contributed by atoms with E-state index in [2.05, 4.69) is 16.9 Å². The van der Waals surface area contributed by atoms with E-state index in [1.165, 1.54) is 25.7 Å². The third-order valence-corrected chi connectivity index (χ3v) is 1.44. The van der Waals surface area contributed by atoms with Gasteiger partial charge in [-0.1, -0.05) is 26.2 Å². The molecular weight excluding hydrogens is 136 g/mol. The summed E-state index contributed by atoms with van der Waals surface area (Å²) in [6.07, 6.45) is 8.48. The van der Waals surface area contributed by atoms with Crippen molar-refractivity contribution in [1.29, 1.82) is 0 Å². The molecule has 0 saturated carbocycles. The molecule has 2 nitrogen and oxygen atoms in total. The highest BCUT2D eigenvalue weighted by molar-refractivity contribution is 5.70. The fourth-order valence-corrected chi connectivity index (χ4v) is 0.801. The van der Waals surface area contributed by atoms with Crippen LogP contribution in [-0.2, 0) is 0 Å². The van der Waals surface area contributed by atoms with Crippen LogP contribution in [0.5, 0.6) is 0 Å². The topological polar surface area (TPSA) is 24.7 Å². The van der Waals surface area contributed by atoms with Gasteiger partial charge in [-0.3, -0.25) is 4.99 Å². The zero-order valence-electron chi connectivity index (χ0n) is 7.58. The third-order valence-electron chi connectivity index (χ3n) is 1.44. The Balaban J connectivity index is 3.01. The van der Waals surface area contributed by atoms with Crippen molar-refractivity contribution in [1.82, 2.24) is 0 Å². The molecule has 0 atom stereocenters. The highest BCUT2D eigenvalue weighted by Crippen LogP contribution is 1.97. The van der Waals surface area contributed by atoms with E-state index >= 15 is 0 Å². The lowest BCUT2D eigenvalue weighted by Gasteiger charge is -1.92. The molecule has 0 bridgehead atoms. The van der Waals surface area contributed by atoms with Crippen LogP contribution in [0.3, 0.4) is 0 Å². The Morgan fingerprint density at radius 2 is 2.00 bits per heavy atom. The summed E-state index contributed by atoms with van der Waals surface area (Å²) in [5.74, 6) is 0. The Morgan fingerprint density at radius 1 is 1.18 bits per heavy atom. The molecule has 0 aliphatic rings. The van der Waals surface area contributed by atoms with Crippen LogP contribution in [0.15, 0.2) is 9.98 Å². The van der Waals surface area contributed by atoms with Gasteiger partial charge in [0.1, 0.15) is 6.34 Å². The molecule has 0 aromatic heterocycles. The molecule has 0 N–H and O–H groups in total. The van der Waals surface area contributed by atoms with Crippen molar-refractivity contribution in [3.8, 4) is 0 Å². The van der Waals surface area contributed by atoms with Crippen LogP contribution in [0.2, 0.25) is 0 Å². The molecule has 2 heteroatoms. The number of unbranched alkanes of at least 4 members (excludes halogenated alkanes) is 3. The Bertz CT molecular complexity index is 117. The van der Waals surface area contributed by atoms with E-state index in [4.69, 9.17) is 0 Å². The van der Waals surface area contributed by atoms with Crippen LogP contribution >= 0.6 is 0 Å². The quantitative estimate of drug-likeness (QED) is 0.319. The van der Waals surface area contributed by atoms with E-state index in [0.29, 0.717) is 0 Å². The highest BCUT2D eigenvalue weighted by atomic mass is 14.8. The number of nitrogens with zero attached hydrogens (tertiary/aromatic N) is 2. The van der Waals surface area contributed by atoms with Gasteiger partial charge in [0.05, 0.1) is 0 Å². The third kappa shape index (κ3) is 9.34. The second-order valence-corrected chi connectivity index (χ2v) is 2.49. The maximum absolute atomic E-state index is 4.11. The molecule has 0 radical (unpaired) electrons. The second-order valence-electron chi connectivity index (χ2n) is 2.49.